The van der Waals surface area contributed by atoms with Gasteiger partial charge in [-0.05, 0) is 36.6 Å². The molecule has 1 aliphatic carbocycles. The van der Waals surface area contributed by atoms with Crippen LogP contribution in [-0.2, 0) is 11.2 Å². The predicted molar refractivity (Wildman–Crippen MR) is 59.5 cm³/mol. The van der Waals surface area contributed by atoms with Crippen molar-refractivity contribution in [2.75, 3.05) is 0 Å². The van der Waals surface area contributed by atoms with E-state index in [0.29, 0.717) is 5.92 Å². The first-order valence-corrected chi connectivity index (χ1v) is 5.46. The lowest BCUT2D eigenvalue weighted by Gasteiger charge is -1.95. The lowest BCUT2D eigenvalue weighted by Crippen LogP contribution is -1.99. The molecule has 0 unspecified atom stereocenters. The molecule has 0 radical (unpaired) electrons. The molecular weight excluding hydrogens is 204 g/mol. The van der Waals surface area contributed by atoms with E-state index >= 15 is 0 Å². The highest BCUT2D eigenvalue weighted by Gasteiger charge is 2.27. The van der Waals surface area contributed by atoms with Crippen molar-refractivity contribution in [3.63, 3.8) is 0 Å². The summed E-state index contributed by atoms with van der Waals surface area (Å²) in [6, 6.07) is 7.62. The molecule has 1 aromatic heterocycles. The smallest absolute Gasteiger partial charge is 0.307 e. The maximum absolute atomic E-state index is 10.6. The summed E-state index contributed by atoms with van der Waals surface area (Å²) in [7, 11) is 0. The van der Waals surface area contributed by atoms with Crippen molar-refractivity contribution in [3.8, 4) is 0 Å². The monoisotopic (exact) mass is 216 g/mol. The highest BCUT2D eigenvalue weighted by Crippen LogP contribution is 2.42. The minimum atomic E-state index is -0.801. The van der Waals surface area contributed by atoms with Crippen LogP contribution >= 0.6 is 0 Å². The van der Waals surface area contributed by atoms with Crippen LogP contribution in [0, 0.1) is 0 Å². The highest BCUT2D eigenvalue weighted by molar-refractivity contribution is 5.80. The molecule has 0 aliphatic heterocycles. The Balaban J connectivity index is 1.99. The van der Waals surface area contributed by atoms with E-state index in [2.05, 4.69) is 0 Å². The molecule has 1 heterocycles. The lowest BCUT2D eigenvalue weighted by molar-refractivity contribution is -0.136. The van der Waals surface area contributed by atoms with Gasteiger partial charge in [-0.3, -0.25) is 4.79 Å². The third-order valence-corrected chi connectivity index (χ3v) is 2.93. The van der Waals surface area contributed by atoms with Gasteiger partial charge in [0.1, 0.15) is 11.3 Å². The van der Waals surface area contributed by atoms with Gasteiger partial charge in [-0.1, -0.05) is 6.07 Å². The lowest BCUT2D eigenvalue weighted by atomic mass is 10.1. The van der Waals surface area contributed by atoms with Gasteiger partial charge in [0.2, 0.25) is 0 Å². The fourth-order valence-corrected chi connectivity index (χ4v) is 1.97. The number of hydrogen-bond donors (Lipinski definition) is 1. The Morgan fingerprint density at radius 3 is 2.88 bits per heavy atom. The van der Waals surface area contributed by atoms with E-state index in [0.717, 1.165) is 22.3 Å². The average molecular weight is 216 g/mol. The molecule has 1 saturated carbocycles. The summed E-state index contributed by atoms with van der Waals surface area (Å²) in [5, 5.41) is 9.73. The predicted octanol–water partition coefficient (Wildman–Crippen LogP) is 2.94. The minimum Gasteiger partial charge on any atom is -0.481 e. The van der Waals surface area contributed by atoms with Crippen LogP contribution in [0.5, 0.6) is 0 Å². The molecule has 0 spiro atoms. The summed E-state index contributed by atoms with van der Waals surface area (Å²) >= 11 is 0. The Kier molecular flexibility index (Phi) is 1.99. The number of benzene rings is 1. The number of carbonyl (C=O) groups is 1. The van der Waals surface area contributed by atoms with Gasteiger partial charge in [0, 0.05) is 11.3 Å². The van der Waals surface area contributed by atoms with Crippen molar-refractivity contribution in [2.45, 2.75) is 25.2 Å². The van der Waals surface area contributed by atoms with Crippen molar-refractivity contribution in [1.82, 2.24) is 0 Å². The quantitative estimate of drug-likeness (QED) is 0.858. The number of furan rings is 1. The first-order chi connectivity index (χ1) is 7.72. The molecule has 0 atom stereocenters. The van der Waals surface area contributed by atoms with Gasteiger partial charge in [0.05, 0.1) is 6.42 Å². The molecular formula is C13H12O3. The Labute approximate surface area is 92.7 Å². The normalized spacial score (nSPS) is 15.5. The zero-order valence-corrected chi connectivity index (χ0v) is 8.77. The Morgan fingerprint density at radius 1 is 1.38 bits per heavy atom. The van der Waals surface area contributed by atoms with E-state index < -0.39 is 5.97 Å². The van der Waals surface area contributed by atoms with E-state index in [-0.39, 0.29) is 6.42 Å². The second kappa shape index (κ2) is 3.37. The van der Waals surface area contributed by atoms with Gasteiger partial charge in [0.25, 0.3) is 0 Å². The molecule has 3 rings (SSSR count). The molecule has 82 valence electrons. The van der Waals surface area contributed by atoms with E-state index in [9.17, 15) is 4.79 Å². The highest BCUT2D eigenvalue weighted by atomic mass is 16.4. The second-order valence-electron chi connectivity index (χ2n) is 4.37. The van der Waals surface area contributed by atoms with Gasteiger partial charge in [-0.2, -0.15) is 0 Å². The van der Waals surface area contributed by atoms with Crippen LogP contribution in [0.4, 0.5) is 0 Å². The van der Waals surface area contributed by atoms with Crippen LogP contribution < -0.4 is 0 Å². The van der Waals surface area contributed by atoms with Gasteiger partial charge >= 0.3 is 5.97 Å². The fourth-order valence-electron chi connectivity index (χ4n) is 1.97. The molecule has 1 aliphatic rings. The third kappa shape index (κ3) is 1.69. The first kappa shape index (κ1) is 9.46. The van der Waals surface area contributed by atoms with Crippen LogP contribution in [0.3, 0.4) is 0 Å². The Hall–Kier alpha value is -1.77. The number of hydrogen-bond acceptors (Lipinski definition) is 2. The Bertz CT molecular complexity index is 549. The molecule has 1 fully saturated rings. The topological polar surface area (TPSA) is 50.4 Å². The van der Waals surface area contributed by atoms with Crippen molar-refractivity contribution < 1.29 is 14.3 Å². The number of fused-ring (bicyclic) bond motifs is 1. The van der Waals surface area contributed by atoms with Gasteiger partial charge in [0.15, 0.2) is 0 Å². The van der Waals surface area contributed by atoms with Crippen LogP contribution in [0.1, 0.15) is 30.1 Å². The van der Waals surface area contributed by atoms with Crippen LogP contribution in [0.25, 0.3) is 11.0 Å². The second-order valence-corrected chi connectivity index (χ2v) is 4.37. The van der Waals surface area contributed by atoms with Crippen molar-refractivity contribution >= 4 is 16.9 Å². The van der Waals surface area contributed by atoms with Gasteiger partial charge < -0.3 is 9.52 Å². The number of carboxylic acids is 1. The fraction of sp³-hybridized carbons (Fsp3) is 0.308. The van der Waals surface area contributed by atoms with E-state index in [1.165, 1.54) is 12.8 Å². The summed E-state index contributed by atoms with van der Waals surface area (Å²) in [5.41, 5.74) is 1.68. The van der Waals surface area contributed by atoms with Crippen LogP contribution in [0.15, 0.2) is 28.7 Å². The van der Waals surface area contributed by atoms with Gasteiger partial charge in [-0.25, -0.2) is 0 Å². The minimum absolute atomic E-state index is 0.0693. The molecule has 1 aromatic carbocycles. The summed E-state index contributed by atoms with van der Waals surface area (Å²) in [4.78, 5) is 10.6. The van der Waals surface area contributed by atoms with Gasteiger partial charge in [-0.15, -0.1) is 0 Å². The number of aliphatic carboxylic acids is 1. The summed E-state index contributed by atoms with van der Waals surface area (Å²) < 4.78 is 5.70. The molecule has 0 amide bonds. The average Bonchev–Trinajstić information content (AvgIpc) is 2.98. The molecule has 1 N–H and O–H groups in total. The number of carboxylic acid groups (broad SMARTS) is 1. The molecule has 3 heteroatoms. The SMILES string of the molecule is O=C(O)Cc1ccc2oc(C3CC3)cc2c1. The van der Waals surface area contributed by atoms with E-state index in [1.54, 1.807) is 0 Å². The summed E-state index contributed by atoms with van der Waals surface area (Å²) in [6.45, 7) is 0. The number of rotatable bonds is 3. The summed E-state index contributed by atoms with van der Waals surface area (Å²) in [6.07, 6.45) is 2.49. The molecule has 2 aromatic rings. The molecule has 3 nitrogen and oxygen atoms in total. The molecule has 16 heavy (non-hydrogen) atoms. The van der Waals surface area contributed by atoms with Crippen molar-refractivity contribution in [3.05, 3.63) is 35.6 Å². The molecule has 0 bridgehead atoms. The van der Waals surface area contributed by atoms with Crippen LogP contribution in [-0.4, -0.2) is 11.1 Å². The third-order valence-electron chi connectivity index (χ3n) is 2.93. The first-order valence-electron chi connectivity index (χ1n) is 5.46. The van der Waals surface area contributed by atoms with Crippen molar-refractivity contribution in [2.24, 2.45) is 0 Å². The van der Waals surface area contributed by atoms with E-state index in [4.69, 9.17) is 9.52 Å². The van der Waals surface area contributed by atoms with E-state index in [1.807, 2.05) is 24.3 Å². The maximum Gasteiger partial charge on any atom is 0.307 e. The van der Waals surface area contributed by atoms with Crippen molar-refractivity contribution in [1.29, 1.82) is 0 Å². The Morgan fingerprint density at radius 2 is 2.19 bits per heavy atom. The van der Waals surface area contributed by atoms with Crippen LogP contribution in [0.2, 0.25) is 0 Å². The zero-order chi connectivity index (χ0) is 11.1. The zero-order valence-electron chi connectivity index (χ0n) is 8.77. The standard InChI is InChI=1S/C13H12O3/c14-13(15)6-8-1-4-11-10(5-8)7-12(16-11)9-2-3-9/h1,4-5,7,9H,2-3,6H2,(H,14,15). The maximum atomic E-state index is 10.6. The largest absolute Gasteiger partial charge is 0.481 e. The molecule has 0 saturated heterocycles. The summed E-state index contributed by atoms with van der Waals surface area (Å²) in [5.74, 6) is 0.836.